The number of hydrogen-bond donors (Lipinski definition) is 0. The first-order chi connectivity index (χ1) is 14.8. The number of rotatable bonds is 6. The fourth-order valence-corrected chi connectivity index (χ4v) is 5.51. The van der Waals surface area contributed by atoms with E-state index in [2.05, 4.69) is 44.4 Å². The number of aromatic nitrogens is 1. The van der Waals surface area contributed by atoms with E-state index in [1.165, 1.54) is 16.6 Å². The molecule has 5 rings (SSSR count). The van der Waals surface area contributed by atoms with Gasteiger partial charge in [0.15, 0.2) is 0 Å². The molecule has 1 aliphatic rings. The lowest BCUT2D eigenvalue weighted by atomic mass is 10.1. The van der Waals surface area contributed by atoms with E-state index in [1.54, 1.807) is 23.5 Å². The summed E-state index contributed by atoms with van der Waals surface area (Å²) in [6.07, 6.45) is 5.10. The molecule has 1 saturated heterocycles. The summed E-state index contributed by atoms with van der Waals surface area (Å²) in [5.41, 5.74) is 3.52. The summed E-state index contributed by atoms with van der Waals surface area (Å²) >= 11 is 1.65. The van der Waals surface area contributed by atoms with Crippen molar-refractivity contribution in [2.24, 2.45) is 0 Å². The van der Waals surface area contributed by atoms with Crippen LogP contribution in [0.4, 0.5) is 10.1 Å². The van der Waals surface area contributed by atoms with Crippen LogP contribution in [0.1, 0.15) is 18.4 Å². The summed E-state index contributed by atoms with van der Waals surface area (Å²) in [4.78, 5) is 9.63. The van der Waals surface area contributed by atoms with Gasteiger partial charge in [-0.15, -0.1) is 11.3 Å². The summed E-state index contributed by atoms with van der Waals surface area (Å²) in [5.74, 6) is -0.0807. The van der Waals surface area contributed by atoms with Crippen LogP contribution < -0.4 is 4.90 Å². The Morgan fingerprint density at radius 3 is 2.67 bits per heavy atom. The van der Waals surface area contributed by atoms with Gasteiger partial charge in [0.05, 0.1) is 11.2 Å². The maximum Gasteiger partial charge on any atom is 0.132 e. The fourth-order valence-electron chi connectivity index (χ4n) is 4.50. The number of para-hydroxylation sites is 1. The Bertz CT molecular complexity index is 1140. The Morgan fingerprint density at radius 2 is 1.77 bits per heavy atom. The maximum atomic E-state index is 14.1. The smallest absolute Gasteiger partial charge is 0.132 e. The van der Waals surface area contributed by atoms with Crippen LogP contribution in [0.5, 0.6) is 0 Å². The van der Waals surface area contributed by atoms with Crippen molar-refractivity contribution in [1.82, 2.24) is 9.88 Å². The van der Waals surface area contributed by atoms with Crippen LogP contribution in [0.25, 0.3) is 21.0 Å². The van der Waals surface area contributed by atoms with Crippen LogP contribution in [-0.4, -0.2) is 42.6 Å². The Labute approximate surface area is 180 Å². The molecule has 2 aromatic carbocycles. The number of fused-ring (bicyclic) bond motifs is 2. The van der Waals surface area contributed by atoms with Gasteiger partial charge in [0, 0.05) is 47.8 Å². The lowest BCUT2D eigenvalue weighted by Gasteiger charge is -2.36. The van der Waals surface area contributed by atoms with Crippen molar-refractivity contribution in [3.05, 3.63) is 71.5 Å². The number of thiophene rings is 1. The third kappa shape index (κ3) is 3.92. The molecule has 0 bridgehead atoms. The zero-order valence-electron chi connectivity index (χ0n) is 17.1. The van der Waals surface area contributed by atoms with E-state index < -0.39 is 0 Å². The summed E-state index contributed by atoms with van der Waals surface area (Å²) in [6, 6.07) is 16.0. The predicted octanol–water partition coefficient (Wildman–Crippen LogP) is 5.73. The second-order valence-electron chi connectivity index (χ2n) is 8.01. The van der Waals surface area contributed by atoms with Gasteiger partial charge in [-0.1, -0.05) is 24.3 Å². The van der Waals surface area contributed by atoms with E-state index in [4.69, 9.17) is 0 Å². The Kier molecular flexibility index (Phi) is 5.65. The van der Waals surface area contributed by atoms with Gasteiger partial charge in [-0.25, -0.2) is 4.39 Å². The van der Waals surface area contributed by atoms with Gasteiger partial charge in [-0.05, 0) is 61.0 Å². The van der Waals surface area contributed by atoms with Gasteiger partial charge in [-0.3, -0.25) is 9.88 Å². The van der Waals surface area contributed by atoms with E-state index in [1.807, 2.05) is 18.3 Å². The number of nitrogens with zero attached hydrogens (tertiary/aromatic N) is 3. The molecule has 0 aliphatic carbocycles. The summed E-state index contributed by atoms with van der Waals surface area (Å²) in [6.45, 7) is 5.36. The molecule has 2 aromatic heterocycles. The normalized spacial score (nSPS) is 15.3. The summed E-state index contributed by atoms with van der Waals surface area (Å²) < 4.78 is 15.2. The molecule has 0 spiro atoms. The molecule has 30 heavy (non-hydrogen) atoms. The molecule has 0 atom stereocenters. The zero-order valence-corrected chi connectivity index (χ0v) is 17.9. The minimum Gasteiger partial charge on any atom is -0.367 e. The molecule has 3 heterocycles. The molecule has 0 N–H and O–H groups in total. The topological polar surface area (TPSA) is 19.4 Å². The number of aryl methyl sites for hydroxylation is 1. The molecule has 0 amide bonds. The van der Waals surface area contributed by atoms with Gasteiger partial charge in [0.2, 0.25) is 0 Å². The van der Waals surface area contributed by atoms with Crippen molar-refractivity contribution >= 4 is 38.0 Å². The number of piperazine rings is 1. The highest BCUT2D eigenvalue weighted by Crippen LogP contribution is 2.29. The minimum absolute atomic E-state index is 0.0807. The quantitative estimate of drug-likeness (QED) is 0.372. The Balaban J connectivity index is 1.12. The molecule has 4 aromatic rings. The molecule has 154 valence electrons. The third-order valence-corrected chi connectivity index (χ3v) is 7.12. The van der Waals surface area contributed by atoms with Crippen molar-refractivity contribution in [2.75, 3.05) is 37.6 Å². The number of pyridine rings is 1. The van der Waals surface area contributed by atoms with Crippen LogP contribution in [0.15, 0.2) is 60.1 Å². The molecule has 0 radical (unpaired) electrons. The van der Waals surface area contributed by atoms with Crippen LogP contribution in [-0.2, 0) is 6.42 Å². The Hall–Kier alpha value is -2.50. The molecule has 0 saturated carbocycles. The average Bonchev–Trinajstić information content (AvgIpc) is 3.21. The summed E-state index contributed by atoms with van der Waals surface area (Å²) in [7, 11) is 0. The van der Waals surface area contributed by atoms with Gasteiger partial charge in [-0.2, -0.15) is 0 Å². The van der Waals surface area contributed by atoms with E-state index in [9.17, 15) is 4.39 Å². The second kappa shape index (κ2) is 8.70. The monoisotopic (exact) mass is 419 g/mol. The van der Waals surface area contributed by atoms with Crippen LogP contribution in [0.2, 0.25) is 0 Å². The molecule has 1 aliphatic heterocycles. The summed E-state index contributed by atoms with van der Waals surface area (Å²) in [5, 5.41) is 4.17. The van der Waals surface area contributed by atoms with Crippen molar-refractivity contribution in [2.45, 2.75) is 19.3 Å². The van der Waals surface area contributed by atoms with E-state index >= 15 is 0 Å². The maximum absolute atomic E-state index is 14.1. The molecule has 5 heteroatoms. The lowest BCUT2D eigenvalue weighted by molar-refractivity contribution is 0.253. The lowest BCUT2D eigenvalue weighted by Crippen LogP contribution is -2.46. The molecular weight excluding hydrogens is 393 g/mol. The first-order valence-electron chi connectivity index (χ1n) is 10.8. The van der Waals surface area contributed by atoms with Crippen LogP contribution in [0.3, 0.4) is 0 Å². The second-order valence-corrected chi connectivity index (χ2v) is 8.92. The minimum atomic E-state index is -0.0807. The van der Waals surface area contributed by atoms with Crippen molar-refractivity contribution in [3.8, 4) is 0 Å². The van der Waals surface area contributed by atoms with Crippen molar-refractivity contribution in [3.63, 3.8) is 0 Å². The van der Waals surface area contributed by atoms with Crippen LogP contribution in [0, 0.1) is 5.82 Å². The Morgan fingerprint density at radius 1 is 0.933 bits per heavy atom. The van der Waals surface area contributed by atoms with Crippen molar-refractivity contribution < 1.29 is 4.39 Å². The predicted molar refractivity (Wildman–Crippen MR) is 125 cm³/mol. The molecule has 3 nitrogen and oxygen atoms in total. The number of benzene rings is 2. The zero-order chi connectivity index (χ0) is 20.3. The van der Waals surface area contributed by atoms with E-state index in [0.29, 0.717) is 0 Å². The number of unbranched alkanes of at least 4 members (excludes halogenated alkanes) is 1. The first-order valence-corrected chi connectivity index (χ1v) is 11.6. The standard InChI is InChI=1S/C25H26FN3S/c26-21-9-4-11-23-24(21)20(18-30-23)6-1-2-13-28-14-16-29(17-15-28)22-10-3-7-19-8-5-12-27-25(19)22/h3-5,7-12,18H,1-2,6,13-17H2. The van der Waals surface area contributed by atoms with E-state index in [-0.39, 0.29) is 5.82 Å². The van der Waals surface area contributed by atoms with Gasteiger partial charge in [0.1, 0.15) is 5.82 Å². The fraction of sp³-hybridized carbons (Fsp3) is 0.320. The third-order valence-electron chi connectivity index (χ3n) is 6.12. The molecular formula is C25H26FN3S. The molecule has 0 unspecified atom stereocenters. The SMILES string of the molecule is Fc1cccc2scc(CCCCN3CCN(c4cccc5cccnc45)CC3)c12. The molecule has 1 fully saturated rings. The number of hydrogen-bond acceptors (Lipinski definition) is 4. The van der Waals surface area contributed by atoms with Gasteiger partial charge in [0.25, 0.3) is 0 Å². The average molecular weight is 420 g/mol. The van der Waals surface area contributed by atoms with Gasteiger partial charge >= 0.3 is 0 Å². The largest absolute Gasteiger partial charge is 0.367 e. The van der Waals surface area contributed by atoms with E-state index in [0.717, 1.165) is 67.6 Å². The van der Waals surface area contributed by atoms with Gasteiger partial charge < -0.3 is 4.90 Å². The first kappa shape index (κ1) is 19.5. The van der Waals surface area contributed by atoms with Crippen LogP contribution >= 0.6 is 11.3 Å². The van der Waals surface area contributed by atoms with Crippen molar-refractivity contribution in [1.29, 1.82) is 0 Å². The number of anilines is 1. The highest BCUT2D eigenvalue weighted by Gasteiger charge is 2.18. The highest BCUT2D eigenvalue weighted by atomic mass is 32.1. The highest BCUT2D eigenvalue weighted by molar-refractivity contribution is 7.17. The number of halogens is 1.